The van der Waals surface area contributed by atoms with Gasteiger partial charge in [-0.2, -0.15) is 0 Å². The van der Waals surface area contributed by atoms with Crippen LogP contribution in [0.3, 0.4) is 0 Å². The predicted molar refractivity (Wildman–Crippen MR) is 60.8 cm³/mol. The summed E-state index contributed by atoms with van der Waals surface area (Å²) in [6.45, 7) is 3.63. The monoisotopic (exact) mass is 209 g/mol. The molecular formula is C12H19NO2. The van der Waals surface area contributed by atoms with Crippen molar-refractivity contribution in [2.45, 2.75) is 25.9 Å². The second-order valence-electron chi connectivity index (χ2n) is 3.67. The number of hydrogen-bond donors (Lipinski definition) is 3. The quantitative estimate of drug-likeness (QED) is 0.626. The van der Waals surface area contributed by atoms with Gasteiger partial charge in [0.05, 0.1) is 6.10 Å². The maximum absolute atomic E-state index is 9.77. The molecule has 1 aromatic rings. The number of phenols is 1. The fraction of sp³-hybridized carbons (Fsp3) is 0.500. The molecule has 3 nitrogen and oxygen atoms in total. The van der Waals surface area contributed by atoms with E-state index in [4.69, 9.17) is 5.11 Å². The second kappa shape index (κ2) is 6.43. The molecule has 3 N–H and O–H groups in total. The SMILES string of the molecule is CCCCNC[C@@H](O)c1ccc(O)cc1. The molecule has 0 aliphatic carbocycles. The Morgan fingerprint density at radius 3 is 2.53 bits per heavy atom. The van der Waals surface area contributed by atoms with Crippen LogP contribution in [0.25, 0.3) is 0 Å². The molecule has 0 spiro atoms. The average molecular weight is 209 g/mol. The topological polar surface area (TPSA) is 52.5 Å². The molecule has 0 aliphatic heterocycles. The summed E-state index contributed by atoms with van der Waals surface area (Å²) in [4.78, 5) is 0. The van der Waals surface area contributed by atoms with E-state index < -0.39 is 6.10 Å². The lowest BCUT2D eigenvalue weighted by Crippen LogP contribution is -2.22. The van der Waals surface area contributed by atoms with Gasteiger partial charge < -0.3 is 15.5 Å². The first kappa shape index (κ1) is 12.0. The molecule has 0 saturated carbocycles. The van der Waals surface area contributed by atoms with Gasteiger partial charge in [0.2, 0.25) is 0 Å². The van der Waals surface area contributed by atoms with Crippen LogP contribution in [-0.2, 0) is 0 Å². The molecule has 0 saturated heterocycles. The second-order valence-corrected chi connectivity index (χ2v) is 3.67. The highest BCUT2D eigenvalue weighted by Gasteiger charge is 2.05. The summed E-state index contributed by atoms with van der Waals surface area (Å²) in [5.74, 6) is 0.227. The van der Waals surface area contributed by atoms with E-state index in [2.05, 4.69) is 12.2 Å². The summed E-state index contributed by atoms with van der Waals surface area (Å²) in [5.41, 5.74) is 0.830. The lowest BCUT2D eigenvalue weighted by molar-refractivity contribution is 0.174. The van der Waals surface area contributed by atoms with Crippen molar-refractivity contribution in [1.82, 2.24) is 5.32 Å². The van der Waals surface area contributed by atoms with E-state index >= 15 is 0 Å². The largest absolute Gasteiger partial charge is 0.508 e. The van der Waals surface area contributed by atoms with E-state index in [9.17, 15) is 5.11 Å². The molecule has 15 heavy (non-hydrogen) atoms. The number of aliphatic hydroxyl groups is 1. The van der Waals surface area contributed by atoms with Crippen molar-refractivity contribution in [2.24, 2.45) is 0 Å². The first-order valence-electron chi connectivity index (χ1n) is 5.41. The zero-order chi connectivity index (χ0) is 11.1. The van der Waals surface area contributed by atoms with E-state index in [1.165, 1.54) is 0 Å². The van der Waals surface area contributed by atoms with Crippen molar-refractivity contribution in [3.05, 3.63) is 29.8 Å². The maximum Gasteiger partial charge on any atom is 0.115 e. The number of hydrogen-bond acceptors (Lipinski definition) is 3. The number of aliphatic hydroxyl groups excluding tert-OH is 1. The molecule has 0 radical (unpaired) electrons. The maximum atomic E-state index is 9.77. The number of nitrogens with one attached hydrogen (secondary N) is 1. The van der Waals surface area contributed by atoms with Crippen LogP contribution in [0.2, 0.25) is 0 Å². The van der Waals surface area contributed by atoms with Gasteiger partial charge in [0.1, 0.15) is 5.75 Å². The minimum absolute atomic E-state index is 0.227. The molecule has 1 rings (SSSR count). The Hall–Kier alpha value is -1.06. The van der Waals surface area contributed by atoms with Gasteiger partial charge in [-0.25, -0.2) is 0 Å². The Morgan fingerprint density at radius 1 is 1.27 bits per heavy atom. The van der Waals surface area contributed by atoms with Gasteiger partial charge in [-0.15, -0.1) is 0 Å². The Kier molecular flexibility index (Phi) is 5.15. The molecule has 0 aromatic heterocycles. The van der Waals surface area contributed by atoms with Crippen LogP contribution in [-0.4, -0.2) is 23.3 Å². The summed E-state index contributed by atoms with van der Waals surface area (Å²) in [7, 11) is 0. The summed E-state index contributed by atoms with van der Waals surface area (Å²) in [5, 5.41) is 22.0. The molecule has 1 atom stereocenters. The van der Waals surface area contributed by atoms with Gasteiger partial charge in [0, 0.05) is 6.54 Å². The highest BCUT2D eigenvalue weighted by atomic mass is 16.3. The zero-order valence-corrected chi connectivity index (χ0v) is 9.11. The Balaban J connectivity index is 2.33. The van der Waals surface area contributed by atoms with E-state index in [0.717, 1.165) is 24.9 Å². The van der Waals surface area contributed by atoms with Crippen LogP contribution in [0, 0.1) is 0 Å². The third-order valence-corrected chi connectivity index (χ3v) is 2.32. The molecule has 0 fully saturated rings. The zero-order valence-electron chi connectivity index (χ0n) is 9.11. The molecule has 1 aromatic carbocycles. The van der Waals surface area contributed by atoms with Gasteiger partial charge in [0.25, 0.3) is 0 Å². The number of aromatic hydroxyl groups is 1. The van der Waals surface area contributed by atoms with Crippen molar-refractivity contribution >= 4 is 0 Å². The van der Waals surface area contributed by atoms with Crippen LogP contribution in [0.5, 0.6) is 5.75 Å². The lowest BCUT2D eigenvalue weighted by Gasteiger charge is -2.11. The molecule has 0 heterocycles. The Bertz CT molecular complexity index is 271. The van der Waals surface area contributed by atoms with Crippen LogP contribution >= 0.6 is 0 Å². The first-order valence-corrected chi connectivity index (χ1v) is 5.41. The summed E-state index contributed by atoms with van der Waals surface area (Å²) in [6, 6.07) is 6.65. The third-order valence-electron chi connectivity index (χ3n) is 2.32. The van der Waals surface area contributed by atoms with Crippen molar-refractivity contribution in [3.8, 4) is 5.75 Å². The number of phenolic OH excluding ortho intramolecular Hbond substituents is 1. The van der Waals surface area contributed by atoms with Gasteiger partial charge in [0.15, 0.2) is 0 Å². The molecule has 0 bridgehead atoms. The van der Waals surface area contributed by atoms with Crippen molar-refractivity contribution in [3.63, 3.8) is 0 Å². The number of rotatable bonds is 6. The van der Waals surface area contributed by atoms with Crippen molar-refractivity contribution in [1.29, 1.82) is 0 Å². The lowest BCUT2D eigenvalue weighted by atomic mass is 10.1. The minimum Gasteiger partial charge on any atom is -0.508 e. The van der Waals surface area contributed by atoms with E-state index in [0.29, 0.717) is 6.54 Å². The predicted octanol–water partition coefficient (Wildman–Crippen LogP) is 1.82. The smallest absolute Gasteiger partial charge is 0.115 e. The van der Waals surface area contributed by atoms with Gasteiger partial charge in [-0.05, 0) is 30.7 Å². The highest BCUT2D eigenvalue weighted by molar-refractivity contribution is 5.27. The van der Waals surface area contributed by atoms with Gasteiger partial charge in [-0.3, -0.25) is 0 Å². The van der Waals surface area contributed by atoms with Gasteiger partial charge >= 0.3 is 0 Å². The Morgan fingerprint density at radius 2 is 1.93 bits per heavy atom. The van der Waals surface area contributed by atoms with E-state index in [1.807, 2.05) is 0 Å². The number of benzene rings is 1. The molecule has 0 amide bonds. The molecule has 0 aliphatic rings. The standard InChI is InChI=1S/C12H19NO2/c1-2-3-8-13-9-12(15)10-4-6-11(14)7-5-10/h4-7,12-15H,2-3,8-9H2,1H3/t12-/m1/s1. The first-order chi connectivity index (χ1) is 7.24. The summed E-state index contributed by atoms with van der Waals surface area (Å²) in [6.07, 6.45) is 1.78. The number of unbranched alkanes of at least 4 members (excludes halogenated alkanes) is 1. The molecule has 3 heteroatoms. The molecule has 0 unspecified atom stereocenters. The van der Waals surface area contributed by atoms with E-state index in [1.54, 1.807) is 24.3 Å². The average Bonchev–Trinajstić information content (AvgIpc) is 2.25. The van der Waals surface area contributed by atoms with Crippen LogP contribution in [0.4, 0.5) is 0 Å². The third kappa shape index (κ3) is 4.32. The van der Waals surface area contributed by atoms with Crippen LogP contribution < -0.4 is 5.32 Å². The summed E-state index contributed by atoms with van der Waals surface area (Å²) < 4.78 is 0. The highest BCUT2D eigenvalue weighted by Crippen LogP contribution is 2.15. The molecule has 84 valence electrons. The fourth-order valence-electron chi connectivity index (χ4n) is 1.35. The fourth-order valence-corrected chi connectivity index (χ4v) is 1.35. The Labute approximate surface area is 90.8 Å². The minimum atomic E-state index is -0.498. The van der Waals surface area contributed by atoms with Crippen molar-refractivity contribution in [2.75, 3.05) is 13.1 Å². The van der Waals surface area contributed by atoms with Gasteiger partial charge in [-0.1, -0.05) is 25.5 Å². The van der Waals surface area contributed by atoms with Crippen LogP contribution in [0.15, 0.2) is 24.3 Å². The normalized spacial score (nSPS) is 12.7. The van der Waals surface area contributed by atoms with E-state index in [-0.39, 0.29) is 5.75 Å². The molecular weight excluding hydrogens is 190 g/mol. The van der Waals surface area contributed by atoms with Crippen molar-refractivity contribution < 1.29 is 10.2 Å². The van der Waals surface area contributed by atoms with Crippen LogP contribution in [0.1, 0.15) is 31.4 Å². The summed E-state index contributed by atoms with van der Waals surface area (Å²) >= 11 is 0.